The van der Waals surface area contributed by atoms with Crippen molar-refractivity contribution in [2.24, 2.45) is 0 Å². The maximum atomic E-state index is 14.0. The van der Waals surface area contributed by atoms with E-state index in [0.717, 1.165) is 10.6 Å². The fourth-order valence-corrected chi connectivity index (χ4v) is 5.38. The van der Waals surface area contributed by atoms with E-state index in [9.17, 15) is 23.7 Å². The summed E-state index contributed by atoms with van der Waals surface area (Å²) in [5, 5.41) is 18.0. The molecule has 0 bridgehead atoms. The number of amides is 2. The molecule has 0 aliphatic rings. The van der Waals surface area contributed by atoms with Crippen LogP contribution in [0, 0.1) is 5.82 Å². The van der Waals surface area contributed by atoms with Crippen molar-refractivity contribution in [1.82, 2.24) is 15.6 Å². The quantitative estimate of drug-likeness (QED) is 0.123. The van der Waals surface area contributed by atoms with E-state index in [0.29, 0.717) is 11.3 Å². The van der Waals surface area contributed by atoms with Gasteiger partial charge in [0.25, 0.3) is 0 Å². The number of phosphoric acid groups is 1. The first-order valence-electron chi connectivity index (χ1n) is 13.7. The normalized spacial score (nSPS) is 12.9. The molecule has 3 rings (SSSR count). The number of benzene rings is 2. The maximum Gasteiger partial charge on any atom is 0.474 e. The number of nitrogens with one attached hydrogen (secondary N) is 2. The van der Waals surface area contributed by atoms with E-state index in [2.05, 4.69) is 15.9 Å². The van der Waals surface area contributed by atoms with Crippen molar-refractivity contribution in [1.29, 1.82) is 0 Å². The zero-order valence-corrected chi connectivity index (χ0v) is 26.1. The Kier molecular flexibility index (Phi) is 13.7. The minimum absolute atomic E-state index is 0.0436. The number of hydrogen-bond acceptors (Lipinski definition) is 11. The maximum absolute atomic E-state index is 14.0. The number of carbonyl (C=O) groups excluding carboxylic acids is 2. The lowest BCUT2D eigenvalue weighted by Crippen LogP contribution is -2.52. The van der Waals surface area contributed by atoms with Crippen LogP contribution in [0.3, 0.4) is 0 Å². The van der Waals surface area contributed by atoms with E-state index in [1.54, 1.807) is 19.9 Å². The third-order valence-corrected chi connectivity index (χ3v) is 7.96. The van der Waals surface area contributed by atoms with Crippen LogP contribution in [0.15, 0.2) is 59.1 Å². The van der Waals surface area contributed by atoms with E-state index in [1.165, 1.54) is 25.1 Å². The molecule has 0 spiro atoms. The molecule has 3 N–H and O–H groups in total. The van der Waals surface area contributed by atoms with Crippen LogP contribution in [0.4, 0.5) is 15.0 Å². The molecule has 1 heterocycles. The van der Waals surface area contributed by atoms with E-state index < -0.39 is 51.0 Å². The van der Waals surface area contributed by atoms with Gasteiger partial charge in [0, 0.05) is 31.5 Å². The summed E-state index contributed by atoms with van der Waals surface area (Å²) in [6.45, 7) is 3.57. The molecule has 16 heteroatoms. The van der Waals surface area contributed by atoms with Gasteiger partial charge >= 0.3 is 13.9 Å². The highest BCUT2D eigenvalue weighted by molar-refractivity contribution is 7.48. The predicted molar refractivity (Wildman–Crippen MR) is 159 cm³/mol. The van der Waals surface area contributed by atoms with Gasteiger partial charge in [-0.2, -0.15) is 0 Å². The molecule has 2 amide bonds. The Labute approximate surface area is 259 Å². The summed E-state index contributed by atoms with van der Waals surface area (Å²) in [5.74, 6) is -0.649. The van der Waals surface area contributed by atoms with Crippen LogP contribution in [-0.4, -0.2) is 65.8 Å². The van der Waals surface area contributed by atoms with E-state index >= 15 is 0 Å². The number of ether oxygens (including phenoxy) is 1. The molecule has 1 aromatic heterocycles. The summed E-state index contributed by atoms with van der Waals surface area (Å²) >= 11 is 6.06. The topological polar surface area (TPSA) is 162 Å². The van der Waals surface area contributed by atoms with Gasteiger partial charge in [-0.25, -0.2) is 19.2 Å². The number of nitrogens with zero attached hydrogens (tertiary/aromatic N) is 2. The second-order valence-corrected chi connectivity index (χ2v) is 11.3. The minimum Gasteiger partial charge on any atom is -0.447 e. The molecular formula is C28H35ClFN4O9P. The molecule has 0 aliphatic heterocycles. The van der Waals surface area contributed by atoms with Crippen LogP contribution in [-0.2, 0) is 34.2 Å². The van der Waals surface area contributed by atoms with Gasteiger partial charge in [0.05, 0.1) is 37.0 Å². The van der Waals surface area contributed by atoms with Crippen LogP contribution in [0.1, 0.15) is 32.8 Å². The molecule has 0 saturated carbocycles. The Morgan fingerprint density at radius 2 is 1.80 bits per heavy atom. The van der Waals surface area contributed by atoms with Gasteiger partial charge in [-0.15, -0.1) is 0 Å². The summed E-state index contributed by atoms with van der Waals surface area (Å²) in [7, 11) is -3.93. The molecular weight excluding hydrogens is 622 g/mol. The number of aliphatic hydroxyl groups excluding tert-OH is 1. The zero-order chi connectivity index (χ0) is 32.1. The van der Waals surface area contributed by atoms with Crippen molar-refractivity contribution >= 4 is 37.2 Å². The van der Waals surface area contributed by atoms with E-state index in [-0.39, 0.29) is 37.0 Å². The predicted octanol–water partition coefficient (Wildman–Crippen LogP) is 5.55. The number of carbonyl (C=O) groups is 2. The number of halogens is 2. The number of phosphoric ester groups is 1. The molecule has 2 aromatic carbocycles. The Morgan fingerprint density at radius 3 is 2.45 bits per heavy atom. The Morgan fingerprint density at radius 1 is 1.09 bits per heavy atom. The molecule has 2 unspecified atom stereocenters. The van der Waals surface area contributed by atoms with Gasteiger partial charge in [-0.1, -0.05) is 59.2 Å². The molecule has 0 fully saturated rings. The van der Waals surface area contributed by atoms with Gasteiger partial charge in [0.15, 0.2) is 11.6 Å². The summed E-state index contributed by atoms with van der Waals surface area (Å²) < 4.78 is 52.7. The number of anilines is 1. The molecule has 44 heavy (non-hydrogen) atoms. The molecule has 13 nitrogen and oxygen atoms in total. The fourth-order valence-electron chi connectivity index (χ4n) is 3.97. The van der Waals surface area contributed by atoms with E-state index in [4.69, 9.17) is 34.4 Å². The molecule has 0 saturated heterocycles. The lowest BCUT2D eigenvalue weighted by molar-refractivity contribution is -0.137. The number of hydrazine groups is 1. The second-order valence-electron chi connectivity index (χ2n) is 9.22. The van der Waals surface area contributed by atoms with Gasteiger partial charge in [-0.05, 0) is 25.5 Å². The third-order valence-electron chi connectivity index (χ3n) is 5.92. The fraction of sp³-hybridized carbons (Fsp3) is 0.393. The lowest BCUT2D eigenvalue weighted by atomic mass is 10.1. The van der Waals surface area contributed by atoms with Crippen LogP contribution < -0.4 is 10.7 Å². The molecule has 0 radical (unpaired) electrons. The molecule has 3 aromatic rings. The van der Waals surface area contributed by atoms with Gasteiger partial charge in [-0.3, -0.25) is 28.7 Å². The zero-order valence-electron chi connectivity index (χ0n) is 24.4. The first-order chi connectivity index (χ1) is 21.0. The smallest absolute Gasteiger partial charge is 0.447 e. The van der Waals surface area contributed by atoms with Gasteiger partial charge < -0.3 is 14.4 Å². The number of aliphatic hydroxyl groups is 1. The van der Waals surface area contributed by atoms with Crippen molar-refractivity contribution in [3.63, 3.8) is 0 Å². The Bertz CT molecular complexity index is 1400. The van der Waals surface area contributed by atoms with Crippen LogP contribution >= 0.6 is 19.4 Å². The Balaban J connectivity index is 1.71. The molecule has 2 atom stereocenters. The first kappa shape index (κ1) is 35.1. The number of rotatable bonds is 17. The highest BCUT2D eigenvalue weighted by Gasteiger charge is 2.30. The summed E-state index contributed by atoms with van der Waals surface area (Å²) in [4.78, 5) is 25.3. The van der Waals surface area contributed by atoms with E-state index in [1.807, 2.05) is 30.3 Å². The van der Waals surface area contributed by atoms with Crippen molar-refractivity contribution < 1.29 is 46.5 Å². The standard InChI is InChI=1S/C28H35ClFN4O9P/c1-4-40-44(38,41-5-2)42-18-23(36)14-22(34(19(3)35)31-16-21-12-9-13-24(30)27(21)29)17-39-28(37)32-26-15-25(43-33-26)20-10-7-6-8-11-20/h6-13,15,22-23,31,36H,4-5,14,16-18H2,1-3H3,(H,32,33,37). The van der Waals surface area contributed by atoms with Crippen LogP contribution in [0.2, 0.25) is 5.02 Å². The van der Waals surface area contributed by atoms with Crippen LogP contribution in [0.25, 0.3) is 11.3 Å². The lowest BCUT2D eigenvalue weighted by Gasteiger charge is -2.32. The number of aromatic nitrogens is 1. The Hall–Kier alpha value is -3.36. The average Bonchev–Trinajstić information content (AvgIpc) is 3.46. The van der Waals surface area contributed by atoms with Gasteiger partial charge in [0.1, 0.15) is 12.4 Å². The van der Waals surface area contributed by atoms with Crippen LogP contribution in [0.5, 0.6) is 0 Å². The van der Waals surface area contributed by atoms with Gasteiger partial charge in [0.2, 0.25) is 5.91 Å². The average molecular weight is 657 g/mol. The minimum atomic E-state index is -3.93. The highest BCUT2D eigenvalue weighted by Crippen LogP contribution is 2.49. The largest absolute Gasteiger partial charge is 0.474 e. The highest BCUT2D eigenvalue weighted by atomic mass is 35.5. The SMILES string of the molecule is CCOP(=O)(OCC)OCC(O)CC(COC(=O)Nc1cc(-c2ccccc2)on1)N(NCc1cccc(F)c1Cl)C(C)=O. The monoisotopic (exact) mass is 656 g/mol. The van der Waals surface area contributed by atoms with Crippen molar-refractivity contribution in [3.8, 4) is 11.3 Å². The van der Waals surface area contributed by atoms with Crippen molar-refractivity contribution in [3.05, 3.63) is 71.0 Å². The van der Waals surface area contributed by atoms with Crippen molar-refractivity contribution in [2.75, 3.05) is 31.7 Å². The summed E-state index contributed by atoms with van der Waals surface area (Å²) in [6, 6.07) is 13.9. The second kappa shape index (κ2) is 17.2. The molecule has 240 valence electrons. The molecule has 0 aliphatic carbocycles. The third kappa shape index (κ3) is 10.7. The first-order valence-corrected chi connectivity index (χ1v) is 15.5. The number of hydrogen-bond donors (Lipinski definition) is 3. The summed E-state index contributed by atoms with van der Waals surface area (Å²) in [5.41, 5.74) is 3.96. The summed E-state index contributed by atoms with van der Waals surface area (Å²) in [6.07, 6.45) is -2.44. The van der Waals surface area contributed by atoms with Crippen molar-refractivity contribution in [2.45, 2.75) is 45.9 Å².